The summed E-state index contributed by atoms with van der Waals surface area (Å²) >= 11 is 0. The molecule has 1 saturated heterocycles. The van der Waals surface area contributed by atoms with Crippen LogP contribution in [0.2, 0.25) is 0 Å². The van der Waals surface area contributed by atoms with Crippen LogP contribution < -0.4 is 5.32 Å². The minimum atomic E-state index is -1.29. The first-order chi connectivity index (χ1) is 13.3. The van der Waals surface area contributed by atoms with E-state index in [2.05, 4.69) is 5.32 Å². The van der Waals surface area contributed by atoms with Crippen LogP contribution in [0.25, 0.3) is 0 Å². The van der Waals surface area contributed by atoms with Gasteiger partial charge in [-0.15, -0.1) is 0 Å². The Morgan fingerprint density at radius 1 is 1.29 bits per heavy atom. The molecule has 148 valence electrons. The molecule has 9 heteroatoms. The zero-order valence-corrected chi connectivity index (χ0v) is 15.0. The number of esters is 1. The number of anilines is 1. The number of likely N-dealkylation sites (tertiary alicyclic amines) is 1. The summed E-state index contributed by atoms with van der Waals surface area (Å²) in [6.07, 6.45) is 0.150. The molecule has 2 amide bonds. The third-order valence-electron chi connectivity index (χ3n) is 4.35. The topological polar surface area (TPSA) is 88.9 Å². The number of benzene rings is 1. The predicted molar refractivity (Wildman–Crippen MR) is 92.8 cm³/mol. The number of hydrogen-bond donors (Lipinski definition) is 1. The van der Waals surface area contributed by atoms with Crippen molar-refractivity contribution < 1.29 is 32.3 Å². The zero-order chi connectivity index (χ0) is 20.3. The quantitative estimate of drug-likeness (QED) is 0.763. The highest BCUT2D eigenvalue weighted by Gasteiger charge is 2.37. The van der Waals surface area contributed by atoms with Crippen LogP contribution in [-0.2, 0) is 25.7 Å². The molecular weight excluding hydrogens is 374 g/mol. The summed E-state index contributed by atoms with van der Waals surface area (Å²) in [5.74, 6) is -3.88. The summed E-state index contributed by atoms with van der Waals surface area (Å²) in [4.78, 5) is 37.9. The van der Waals surface area contributed by atoms with E-state index in [9.17, 15) is 23.2 Å². The van der Waals surface area contributed by atoms with Crippen molar-refractivity contribution in [2.75, 3.05) is 11.9 Å². The first-order valence-electron chi connectivity index (χ1n) is 8.60. The van der Waals surface area contributed by atoms with Gasteiger partial charge in [0.2, 0.25) is 5.91 Å². The number of furan rings is 1. The molecule has 0 unspecified atom stereocenters. The van der Waals surface area contributed by atoms with Crippen LogP contribution in [0, 0.1) is 17.6 Å². The van der Waals surface area contributed by atoms with E-state index in [0.29, 0.717) is 5.76 Å². The van der Waals surface area contributed by atoms with Crippen molar-refractivity contribution in [2.24, 2.45) is 5.92 Å². The lowest BCUT2D eigenvalue weighted by molar-refractivity contribution is -0.157. The Hall–Kier alpha value is -3.23. The summed E-state index contributed by atoms with van der Waals surface area (Å²) in [5, 5.41) is 2.07. The molecule has 1 aliphatic rings. The van der Waals surface area contributed by atoms with Gasteiger partial charge in [-0.05, 0) is 31.2 Å². The van der Waals surface area contributed by atoms with Crippen molar-refractivity contribution in [1.29, 1.82) is 0 Å². The molecular formula is C19H18F2N2O5. The number of hydrogen-bond acceptors (Lipinski definition) is 5. The molecule has 1 aromatic carbocycles. The molecule has 2 aromatic rings. The Morgan fingerprint density at radius 3 is 2.64 bits per heavy atom. The molecule has 28 heavy (non-hydrogen) atoms. The van der Waals surface area contributed by atoms with Gasteiger partial charge in [0.05, 0.1) is 18.7 Å². The number of halogens is 2. The van der Waals surface area contributed by atoms with Gasteiger partial charge < -0.3 is 19.4 Å². The average molecular weight is 392 g/mol. The van der Waals surface area contributed by atoms with Crippen molar-refractivity contribution in [3.05, 3.63) is 54.0 Å². The fourth-order valence-electron chi connectivity index (χ4n) is 2.84. The maximum absolute atomic E-state index is 13.6. The van der Waals surface area contributed by atoms with Crippen LogP contribution in [0.15, 0.2) is 41.0 Å². The van der Waals surface area contributed by atoms with Gasteiger partial charge in [0.1, 0.15) is 23.1 Å². The normalized spacial score (nSPS) is 17.5. The molecule has 0 bridgehead atoms. The van der Waals surface area contributed by atoms with E-state index in [1.54, 1.807) is 12.1 Å². The van der Waals surface area contributed by atoms with Crippen molar-refractivity contribution in [3.63, 3.8) is 0 Å². The molecule has 2 heterocycles. The molecule has 0 radical (unpaired) electrons. The summed E-state index contributed by atoms with van der Waals surface area (Å²) < 4.78 is 37.5. The first-order valence-corrected chi connectivity index (χ1v) is 8.60. The van der Waals surface area contributed by atoms with E-state index < -0.39 is 41.2 Å². The fraction of sp³-hybridized carbons (Fsp3) is 0.316. The predicted octanol–water partition coefficient (Wildman–Crippen LogP) is 2.48. The minimum absolute atomic E-state index is 0.0458. The van der Waals surface area contributed by atoms with Crippen molar-refractivity contribution in [3.8, 4) is 0 Å². The summed E-state index contributed by atoms with van der Waals surface area (Å²) in [6, 6.07) is 6.56. The number of rotatable bonds is 6. The van der Waals surface area contributed by atoms with Crippen LogP contribution in [0.4, 0.5) is 14.5 Å². The second kappa shape index (κ2) is 8.20. The van der Waals surface area contributed by atoms with E-state index in [1.807, 2.05) is 0 Å². The molecule has 7 nitrogen and oxygen atoms in total. The lowest BCUT2D eigenvalue weighted by Gasteiger charge is -2.17. The van der Waals surface area contributed by atoms with Crippen LogP contribution in [-0.4, -0.2) is 35.3 Å². The van der Waals surface area contributed by atoms with E-state index in [1.165, 1.54) is 18.1 Å². The number of carbonyl (C=O) groups is 3. The summed E-state index contributed by atoms with van der Waals surface area (Å²) in [5.41, 5.74) is -0.615. The molecule has 1 fully saturated rings. The number of ether oxygens (including phenoxy) is 1. The molecule has 1 aromatic heterocycles. The highest BCUT2D eigenvalue weighted by atomic mass is 19.1. The zero-order valence-electron chi connectivity index (χ0n) is 15.0. The second-order valence-electron chi connectivity index (χ2n) is 6.42. The fourth-order valence-corrected chi connectivity index (χ4v) is 2.84. The number of nitrogens with zero attached hydrogens (tertiary/aromatic N) is 1. The Balaban J connectivity index is 1.55. The Morgan fingerprint density at radius 2 is 2.00 bits per heavy atom. The van der Waals surface area contributed by atoms with Gasteiger partial charge in [-0.3, -0.25) is 14.4 Å². The third-order valence-corrected chi connectivity index (χ3v) is 4.35. The van der Waals surface area contributed by atoms with E-state index in [-0.39, 0.29) is 25.4 Å². The maximum Gasteiger partial charge on any atom is 0.312 e. The Bertz CT molecular complexity index is 864. The SMILES string of the molecule is C[C@H](OC(=O)[C@@H]1CC(=O)N(Cc2ccco2)C1)C(=O)Nc1c(F)cccc1F. The average Bonchev–Trinajstić information content (AvgIpc) is 3.28. The summed E-state index contributed by atoms with van der Waals surface area (Å²) in [7, 11) is 0. The van der Waals surface area contributed by atoms with E-state index in [4.69, 9.17) is 9.15 Å². The van der Waals surface area contributed by atoms with Crippen LogP contribution >= 0.6 is 0 Å². The number of nitrogens with one attached hydrogen (secondary N) is 1. The molecule has 0 aliphatic carbocycles. The largest absolute Gasteiger partial charge is 0.467 e. The molecule has 2 atom stereocenters. The van der Waals surface area contributed by atoms with Gasteiger partial charge in [0.25, 0.3) is 5.91 Å². The van der Waals surface area contributed by atoms with E-state index in [0.717, 1.165) is 18.2 Å². The highest BCUT2D eigenvalue weighted by molar-refractivity contribution is 5.96. The van der Waals surface area contributed by atoms with E-state index >= 15 is 0 Å². The molecule has 1 aliphatic heterocycles. The number of para-hydroxylation sites is 1. The van der Waals surface area contributed by atoms with Crippen molar-refractivity contribution in [2.45, 2.75) is 26.0 Å². The van der Waals surface area contributed by atoms with Gasteiger partial charge in [0, 0.05) is 13.0 Å². The van der Waals surface area contributed by atoms with Gasteiger partial charge in [-0.2, -0.15) is 0 Å². The number of carbonyl (C=O) groups excluding carboxylic acids is 3. The summed E-state index contributed by atoms with van der Waals surface area (Å²) in [6.45, 7) is 1.65. The Labute approximate surface area is 159 Å². The number of amides is 2. The maximum atomic E-state index is 13.6. The van der Waals surface area contributed by atoms with Crippen molar-refractivity contribution in [1.82, 2.24) is 4.90 Å². The smallest absolute Gasteiger partial charge is 0.312 e. The second-order valence-corrected chi connectivity index (χ2v) is 6.42. The standard InChI is InChI=1S/C19H18F2N2O5/c1-11(18(25)22-17-14(20)5-2-6-15(17)21)28-19(26)12-8-16(24)23(9-12)10-13-4-3-7-27-13/h2-7,11-12H,8-10H2,1H3,(H,22,25)/t11-,12+/m0/s1. The Kier molecular flexibility index (Phi) is 5.72. The molecule has 3 rings (SSSR count). The lowest BCUT2D eigenvalue weighted by atomic mass is 10.1. The van der Waals surface area contributed by atoms with Crippen LogP contribution in [0.5, 0.6) is 0 Å². The third kappa shape index (κ3) is 4.36. The van der Waals surface area contributed by atoms with Gasteiger partial charge in [0.15, 0.2) is 6.10 Å². The molecule has 1 N–H and O–H groups in total. The first kappa shape index (κ1) is 19.5. The van der Waals surface area contributed by atoms with Crippen LogP contribution in [0.1, 0.15) is 19.1 Å². The monoisotopic (exact) mass is 392 g/mol. The highest BCUT2D eigenvalue weighted by Crippen LogP contribution is 2.23. The molecule has 0 spiro atoms. The lowest BCUT2D eigenvalue weighted by Crippen LogP contribution is -2.33. The van der Waals surface area contributed by atoms with Crippen LogP contribution in [0.3, 0.4) is 0 Å². The minimum Gasteiger partial charge on any atom is -0.467 e. The van der Waals surface area contributed by atoms with Crippen molar-refractivity contribution >= 4 is 23.5 Å². The van der Waals surface area contributed by atoms with Gasteiger partial charge >= 0.3 is 5.97 Å². The van der Waals surface area contributed by atoms with Gasteiger partial charge in [-0.25, -0.2) is 8.78 Å². The molecule has 0 saturated carbocycles. The van der Waals surface area contributed by atoms with Gasteiger partial charge in [-0.1, -0.05) is 6.07 Å².